The molecule has 1 fully saturated rings. The Balaban J connectivity index is 1.87. The first-order valence-corrected chi connectivity index (χ1v) is 7.88. The van der Waals surface area contributed by atoms with Crippen LogP contribution in [0.4, 0.5) is 0 Å². The molecule has 3 rings (SSSR count). The largest absolute Gasteiger partial charge is 0.269 e. The maximum Gasteiger partial charge on any atom is 0.258 e. The van der Waals surface area contributed by atoms with Gasteiger partial charge in [-0.1, -0.05) is 18.9 Å². The number of rotatable bonds is 3. The van der Waals surface area contributed by atoms with Gasteiger partial charge in [0.25, 0.3) is 5.56 Å². The van der Waals surface area contributed by atoms with E-state index < -0.39 is 0 Å². The summed E-state index contributed by atoms with van der Waals surface area (Å²) in [6.45, 7) is 2.00. The van der Waals surface area contributed by atoms with E-state index in [-0.39, 0.29) is 5.56 Å². The van der Waals surface area contributed by atoms with E-state index in [4.69, 9.17) is 0 Å². The van der Waals surface area contributed by atoms with E-state index in [1.54, 1.807) is 16.7 Å². The van der Waals surface area contributed by atoms with Crippen molar-refractivity contribution >= 4 is 17.4 Å². The van der Waals surface area contributed by atoms with Gasteiger partial charge in [-0.25, -0.2) is 4.98 Å². The minimum absolute atomic E-state index is 0.0238. The number of aryl methyl sites for hydroxylation is 1. The van der Waals surface area contributed by atoms with Crippen LogP contribution in [0.3, 0.4) is 0 Å². The van der Waals surface area contributed by atoms with Crippen molar-refractivity contribution in [2.24, 2.45) is 0 Å². The lowest BCUT2D eigenvalue weighted by Gasteiger charge is -2.09. The summed E-state index contributed by atoms with van der Waals surface area (Å²) in [5.41, 5.74) is 2.77. The van der Waals surface area contributed by atoms with E-state index >= 15 is 0 Å². The topological polar surface area (TPSA) is 34.4 Å². The second-order valence-corrected chi connectivity index (χ2v) is 6.48. The van der Waals surface area contributed by atoms with Gasteiger partial charge in [-0.2, -0.15) is 11.8 Å². The van der Waals surface area contributed by atoms with Gasteiger partial charge in [0.15, 0.2) is 0 Å². The summed E-state index contributed by atoms with van der Waals surface area (Å²) >= 11 is 1.95. The molecule has 0 N–H and O–H groups in total. The van der Waals surface area contributed by atoms with E-state index in [2.05, 4.69) is 4.98 Å². The molecule has 19 heavy (non-hydrogen) atoms. The second kappa shape index (κ2) is 5.37. The number of hydrogen-bond donors (Lipinski definition) is 0. The zero-order valence-corrected chi connectivity index (χ0v) is 11.9. The molecule has 2 aromatic rings. The van der Waals surface area contributed by atoms with Crippen LogP contribution in [-0.4, -0.2) is 14.6 Å². The van der Waals surface area contributed by atoms with Gasteiger partial charge in [-0.3, -0.25) is 9.20 Å². The lowest BCUT2D eigenvalue weighted by Crippen LogP contribution is -2.16. The fourth-order valence-corrected chi connectivity index (χ4v) is 3.86. The zero-order chi connectivity index (χ0) is 13.2. The first kappa shape index (κ1) is 12.7. The second-order valence-electron chi connectivity index (χ2n) is 5.19. The lowest BCUT2D eigenvalue weighted by atomic mass is 10.3. The predicted octanol–water partition coefficient (Wildman–Crippen LogP) is 3.18. The summed E-state index contributed by atoms with van der Waals surface area (Å²) in [6, 6.07) is 5.56. The number of fused-ring (bicyclic) bond motifs is 1. The standard InChI is InChI=1S/C15H18N2OS/c1-11-5-4-8-17-14(18)9-12(16-15(11)17)10-19-13-6-2-3-7-13/h4-5,8-9,13H,2-3,6-7,10H2,1H3. The van der Waals surface area contributed by atoms with Crippen molar-refractivity contribution in [2.45, 2.75) is 43.6 Å². The highest BCUT2D eigenvalue weighted by Gasteiger charge is 2.15. The van der Waals surface area contributed by atoms with Crippen molar-refractivity contribution in [3.63, 3.8) is 0 Å². The predicted molar refractivity (Wildman–Crippen MR) is 79.8 cm³/mol. The van der Waals surface area contributed by atoms with Crippen LogP contribution in [0.1, 0.15) is 36.9 Å². The van der Waals surface area contributed by atoms with Gasteiger partial charge in [0.2, 0.25) is 0 Å². The van der Waals surface area contributed by atoms with Crippen LogP contribution >= 0.6 is 11.8 Å². The summed E-state index contributed by atoms with van der Waals surface area (Å²) < 4.78 is 1.62. The average Bonchev–Trinajstić information content (AvgIpc) is 2.91. The van der Waals surface area contributed by atoms with E-state index in [1.165, 1.54) is 25.7 Å². The maximum absolute atomic E-state index is 12.1. The van der Waals surface area contributed by atoms with E-state index in [0.29, 0.717) is 0 Å². The SMILES string of the molecule is Cc1cccn2c(=O)cc(CSC3CCCC3)nc12. The van der Waals surface area contributed by atoms with Crippen LogP contribution in [0, 0.1) is 6.92 Å². The van der Waals surface area contributed by atoms with Crippen molar-refractivity contribution in [1.82, 2.24) is 9.38 Å². The van der Waals surface area contributed by atoms with Gasteiger partial charge in [-0.15, -0.1) is 0 Å². The van der Waals surface area contributed by atoms with Crippen molar-refractivity contribution in [1.29, 1.82) is 0 Å². The Hall–Kier alpha value is -1.29. The molecule has 0 aliphatic heterocycles. The van der Waals surface area contributed by atoms with Crippen molar-refractivity contribution in [3.8, 4) is 0 Å². The normalized spacial score (nSPS) is 16.3. The Morgan fingerprint density at radius 2 is 2.21 bits per heavy atom. The van der Waals surface area contributed by atoms with Gasteiger partial charge in [-0.05, 0) is 31.4 Å². The van der Waals surface area contributed by atoms with Gasteiger partial charge >= 0.3 is 0 Å². The third-order valence-corrected chi connectivity index (χ3v) is 5.11. The molecule has 0 unspecified atom stereocenters. The first-order valence-electron chi connectivity index (χ1n) is 6.83. The maximum atomic E-state index is 12.1. The van der Waals surface area contributed by atoms with Gasteiger partial charge in [0.1, 0.15) is 5.65 Å². The molecule has 1 saturated carbocycles. The molecule has 4 heteroatoms. The molecular formula is C15H18N2OS. The fraction of sp³-hybridized carbons (Fsp3) is 0.467. The number of nitrogens with zero attached hydrogens (tertiary/aromatic N) is 2. The van der Waals surface area contributed by atoms with Crippen molar-refractivity contribution in [3.05, 3.63) is 46.0 Å². The van der Waals surface area contributed by atoms with E-state index in [9.17, 15) is 4.79 Å². The Bertz CT molecular complexity index is 644. The van der Waals surface area contributed by atoms with Crippen LogP contribution in [-0.2, 0) is 5.75 Å². The number of hydrogen-bond acceptors (Lipinski definition) is 3. The third kappa shape index (κ3) is 2.68. The van der Waals surface area contributed by atoms with Crippen molar-refractivity contribution in [2.75, 3.05) is 0 Å². The summed E-state index contributed by atoms with van der Waals surface area (Å²) in [5.74, 6) is 0.852. The molecule has 0 bridgehead atoms. The molecule has 1 aliphatic rings. The Kier molecular flexibility index (Phi) is 3.60. The molecule has 0 radical (unpaired) electrons. The molecule has 0 aromatic carbocycles. The molecular weight excluding hydrogens is 256 g/mol. The highest BCUT2D eigenvalue weighted by molar-refractivity contribution is 7.99. The quantitative estimate of drug-likeness (QED) is 0.862. The van der Waals surface area contributed by atoms with Crippen LogP contribution < -0.4 is 5.56 Å². The minimum atomic E-state index is 0.0238. The van der Waals surface area contributed by atoms with E-state index in [0.717, 1.165) is 27.9 Å². The summed E-state index contributed by atoms with van der Waals surface area (Å²) in [7, 11) is 0. The molecule has 0 spiro atoms. The Labute approximate surface area is 117 Å². The third-order valence-electron chi connectivity index (χ3n) is 3.71. The molecule has 0 saturated heterocycles. The average molecular weight is 274 g/mol. The van der Waals surface area contributed by atoms with Crippen LogP contribution in [0.15, 0.2) is 29.2 Å². The monoisotopic (exact) mass is 274 g/mol. The molecule has 1 aliphatic carbocycles. The van der Waals surface area contributed by atoms with Crippen LogP contribution in [0.2, 0.25) is 0 Å². The number of aromatic nitrogens is 2. The summed E-state index contributed by atoms with van der Waals surface area (Å²) in [4.78, 5) is 16.7. The molecule has 2 aromatic heterocycles. The molecule has 0 amide bonds. The molecule has 3 nitrogen and oxygen atoms in total. The molecule has 100 valence electrons. The van der Waals surface area contributed by atoms with Gasteiger partial charge < -0.3 is 0 Å². The fourth-order valence-electron chi connectivity index (χ4n) is 2.64. The van der Waals surface area contributed by atoms with Crippen LogP contribution in [0.5, 0.6) is 0 Å². The highest BCUT2D eigenvalue weighted by Crippen LogP contribution is 2.31. The Morgan fingerprint density at radius 3 is 3.00 bits per heavy atom. The molecule has 0 atom stereocenters. The number of pyridine rings is 1. The number of thioether (sulfide) groups is 1. The zero-order valence-electron chi connectivity index (χ0n) is 11.1. The lowest BCUT2D eigenvalue weighted by molar-refractivity contribution is 0.886. The summed E-state index contributed by atoms with van der Waals surface area (Å²) in [6.07, 6.45) is 7.12. The van der Waals surface area contributed by atoms with Gasteiger partial charge in [0, 0.05) is 23.3 Å². The van der Waals surface area contributed by atoms with Crippen molar-refractivity contribution < 1.29 is 0 Å². The van der Waals surface area contributed by atoms with Gasteiger partial charge in [0.05, 0.1) is 5.69 Å². The smallest absolute Gasteiger partial charge is 0.258 e. The van der Waals surface area contributed by atoms with Crippen LogP contribution in [0.25, 0.3) is 5.65 Å². The highest BCUT2D eigenvalue weighted by atomic mass is 32.2. The first-order chi connectivity index (χ1) is 9.24. The minimum Gasteiger partial charge on any atom is -0.269 e. The Morgan fingerprint density at radius 1 is 1.42 bits per heavy atom. The molecule has 2 heterocycles. The van der Waals surface area contributed by atoms with E-state index in [1.807, 2.05) is 30.8 Å². The summed E-state index contributed by atoms with van der Waals surface area (Å²) in [5, 5.41) is 0.761.